The van der Waals surface area contributed by atoms with Crippen LogP contribution in [0.4, 0.5) is 0 Å². The van der Waals surface area contributed by atoms with Crippen LogP contribution in [-0.4, -0.2) is 60.7 Å². The summed E-state index contributed by atoms with van der Waals surface area (Å²) in [4.78, 5) is 9.19. The van der Waals surface area contributed by atoms with Gasteiger partial charge in [0.15, 0.2) is 5.96 Å². The molecule has 1 saturated heterocycles. The molecule has 4 rings (SSSR count). The van der Waals surface area contributed by atoms with Crippen LogP contribution in [0.5, 0.6) is 5.75 Å². The summed E-state index contributed by atoms with van der Waals surface area (Å²) < 4.78 is 10.9. The second kappa shape index (κ2) is 10.8. The van der Waals surface area contributed by atoms with Crippen LogP contribution in [0.25, 0.3) is 0 Å². The number of benzene rings is 1. The highest BCUT2D eigenvalue weighted by Crippen LogP contribution is 2.30. The number of hydrogen-bond acceptors (Lipinski definition) is 5. The number of aromatic nitrogens is 1. The summed E-state index contributed by atoms with van der Waals surface area (Å²) in [5, 5.41) is 7.51. The van der Waals surface area contributed by atoms with E-state index in [-0.39, 0.29) is 24.0 Å². The first-order chi connectivity index (χ1) is 13.8. The molecule has 1 saturated carbocycles. The van der Waals surface area contributed by atoms with Crippen LogP contribution in [0.15, 0.2) is 46.1 Å². The fraction of sp³-hybridized carbons (Fsp3) is 0.524. The highest BCUT2D eigenvalue weighted by molar-refractivity contribution is 14.0. The van der Waals surface area contributed by atoms with Crippen molar-refractivity contribution in [3.05, 3.63) is 47.9 Å². The predicted octanol–water partition coefficient (Wildman–Crippen LogP) is 2.97. The number of ether oxygens (including phenoxy) is 1. The van der Waals surface area contributed by atoms with Gasteiger partial charge in [0, 0.05) is 57.9 Å². The smallest absolute Gasteiger partial charge is 0.194 e. The number of para-hydroxylation sites is 1. The lowest BCUT2D eigenvalue weighted by Crippen LogP contribution is -2.52. The molecule has 8 heteroatoms. The first-order valence-electron chi connectivity index (χ1n) is 10.1. The van der Waals surface area contributed by atoms with Crippen molar-refractivity contribution in [2.24, 2.45) is 10.9 Å². The van der Waals surface area contributed by atoms with E-state index < -0.39 is 0 Å². The number of piperazine rings is 1. The average Bonchev–Trinajstić information content (AvgIpc) is 3.43. The van der Waals surface area contributed by atoms with Gasteiger partial charge in [0.25, 0.3) is 0 Å². The van der Waals surface area contributed by atoms with E-state index in [0.717, 1.165) is 62.7 Å². The lowest BCUT2D eigenvalue weighted by Gasteiger charge is -2.36. The standard InChI is InChI=1S/C21H29N5O2.HI/c1-22-21(26-11-9-25(10-12-26)15-19-8-13-28-24-19)23-14-18-4-2-3-5-20(18)27-16-17-6-7-17;/h2-5,8,13,17H,6-7,9-12,14-16H2,1H3,(H,22,23);1H. The Labute approximate surface area is 189 Å². The molecule has 0 spiro atoms. The molecule has 1 aromatic heterocycles. The van der Waals surface area contributed by atoms with Crippen molar-refractivity contribution in [2.75, 3.05) is 39.8 Å². The zero-order chi connectivity index (χ0) is 19.2. The van der Waals surface area contributed by atoms with E-state index in [9.17, 15) is 0 Å². The molecule has 1 aromatic carbocycles. The van der Waals surface area contributed by atoms with E-state index in [0.29, 0.717) is 6.54 Å². The average molecular weight is 511 g/mol. The zero-order valence-electron chi connectivity index (χ0n) is 16.9. The molecule has 0 atom stereocenters. The van der Waals surface area contributed by atoms with E-state index >= 15 is 0 Å². The SMILES string of the molecule is CN=C(NCc1ccccc1OCC1CC1)N1CCN(Cc2ccon2)CC1.I. The van der Waals surface area contributed by atoms with Crippen LogP contribution in [0.3, 0.4) is 0 Å². The molecule has 2 heterocycles. The van der Waals surface area contributed by atoms with Crippen molar-refractivity contribution >= 4 is 29.9 Å². The molecule has 2 aliphatic rings. The van der Waals surface area contributed by atoms with Crippen molar-refractivity contribution < 1.29 is 9.26 Å². The number of hydrogen-bond donors (Lipinski definition) is 1. The van der Waals surface area contributed by atoms with Crippen LogP contribution in [0, 0.1) is 5.92 Å². The maximum atomic E-state index is 6.02. The van der Waals surface area contributed by atoms with Gasteiger partial charge >= 0.3 is 0 Å². The Morgan fingerprint density at radius 2 is 2.00 bits per heavy atom. The lowest BCUT2D eigenvalue weighted by molar-refractivity contribution is 0.169. The van der Waals surface area contributed by atoms with E-state index in [2.05, 4.69) is 43.5 Å². The highest BCUT2D eigenvalue weighted by atomic mass is 127. The summed E-state index contributed by atoms with van der Waals surface area (Å²) in [5.41, 5.74) is 2.16. The first-order valence-corrected chi connectivity index (χ1v) is 10.1. The minimum absolute atomic E-state index is 0. The van der Waals surface area contributed by atoms with Crippen LogP contribution in [0.1, 0.15) is 24.1 Å². The van der Waals surface area contributed by atoms with Gasteiger partial charge < -0.3 is 19.5 Å². The molecular formula is C21H30IN5O2. The van der Waals surface area contributed by atoms with Gasteiger partial charge in [-0.2, -0.15) is 0 Å². The Morgan fingerprint density at radius 3 is 2.69 bits per heavy atom. The normalized spacial score (nSPS) is 17.7. The third kappa shape index (κ3) is 6.33. The molecule has 7 nitrogen and oxygen atoms in total. The van der Waals surface area contributed by atoms with Gasteiger partial charge in [-0.15, -0.1) is 24.0 Å². The van der Waals surface area contributed by atoms with Crippen LogP contribution in [0.2, 0.25) is 0 Å². The van der Waals surface area contributed by atoms with Gasteiger partial charge in [0.05, 0.1) is 12.3 Å². The van der Waals surface area contributed by atoms with Crippen LogP contribution >= 0.6 is 24.0 Å². The minimum Gasteiger partial charge on any atom is -0.493 e. The van der Waals surface area contributed by atoms with Crippen molar-refractivity contribution in [3.63, 3.8) is 0 Å². The molecule has 1 aliphatic carbocycles. The molecule has 2 fully saturated rings. The predicted molar refractivity (Wildman–Crippen MR) is 124 cm³/mol. The third-order valence-electron chi connectivity index (χ3n) is 5.34. The van der Waals surface area contributed by atoms with Gasteiger partial charge in [-0.25, -0.2) is 0 Å². The molecule has 2 aromatic rings. The number of halogens is 1. The van der Waals surface area contributed by atoms with E-state index in [1.54, 1.807) is 6.26 Å². The fourth-order valence-corrected chi connectivity index (χ4v) is 3.46. The second-order valence-electron chi connectivity index (χ2n) is 7.52. The summed E-state index contributed by atoms with van der Waals surface area (Å²) in [6, 6.07) is 10.2. The molecule has 1 aliphatic heterocycles. The molecule has 158 valence electrons. The Hall–Kier alpha value is -1.81. The van der Waals surface area contributed by atoms with Gasteiger partial charge in [-0.3, -0.25) is 9.89 Å². The Bertz CT molecular complexity index is 771. The Balaban J connectivity index is 0.00000240. The molecule has 1 N–H and O–H groups in total. The maximum absolute atomic E-state index is 6.02. The molecule has 0 amide bonds. The van der Waals surface area contributed by atoms with Gasteiger partial charge in [0.2, 0.25) is 0 Å². The summed E-state index contributed by atoms with van der Waals surface area (Å²) >= 11 is 0. The van der Waals surface area contributed by atoms with Gasteiger partial charge in [-0.05, 0) is 24.8 Å². The first kappa shape index (κ1) is 21.9. The topological polar surface area (TPSA) is 66.1 Å². The zero-order valence-corrected chi connectivity index (χ0v) is 19.2. The number of aliphatic imine (C=N–C) groups is 1. The molecule has 29 heavy (non-hydrogen) atoms. The summed E-state index contributed by atoms with van der Waals surface area (Å²) in [5.74, 6) is 2.68. The van der Waals surface area contributed by atoms with Crippen molar-refractivity contribution in [2.45, 2.75) is 25.9 Å². The summed E-state index contributed by atoms with van der Waals surface area (Å²) in [6.07, 6.45) is 4.23. The summed E-state index contributed by atoms with van der Waals surface area (Å²) in [6.45, 7) is 6.23. The number of guanidine groups is 1. The van der Waals surface area contributed by atoms with E-state index in [1.165, 1.54) is 18.4 Å². The Morgan fingerprint density at radius 1 is 1.21 bits per heavy atom. The summed E-state index contributed by atoms with van der Waals surface area (Å²) in [7, 11) is 1.85. The highest BCUT2D eigenvalue weighted by Gasteiger charge is 2.23. The fourth-order valence-electron chi connectivity index (χ4n) is 3.46. The minimum atomic E-state index is 0. The van der Waals surface area contributed by atoms with Gasteiger partial charge in [-0.1, -0.05) is 23.4 Å². The number of nitrogens with zero attached hydrogens (tertiary/aromatic N) is 4. The molecule has 0 bridgehead atoms. The van der Waals surface area contributed by atoms with Crippen molar-refractivity contribution in [1.29, 1.82) is 0 Å². The largest absolute Gasteiger partial charge is 0.493 e. The van der Waals surface area contributed by atoms with Crippen molar-refractivity contribution in [3.8, 4) is 5.75 Å². The van der Waals surface area contributed by atoms with Crippen LogP contribution in [-0.2, 0) is 13.1 Å². The molecule has 0 radical (unpaired) electrons. The second-order valence-corrected chi connectivity index (χ2v) is 7.52. The number of rotatable bonds is 7. The quantitative estimate of drug-likeness (QED) is 0.351. The van der Waals surface area contributed by atoms with E-state index in [4.69, 9.17) is 9.26 Å². The van der Waals surface area contributed by atoms with Crippen molar-refractivity contribution in [1.82, 2.24) is 20.3 Å². The maximum Gasteiger partial charge on any atom is 0.194 e. The monoisotopic (exact) mass is 511 g/mol. The lowest BCUT2D eigenvalue weighted by atomic mass is 10.2. The molecule has 0 unspecified atom stereocenters. The Kier molecular flexibility index (Phi) is 8.17. The molecular weight excluding hydrogens is 481 g/mol. The third-order valence-corrected chi connectivity index (χ3v) is 5.34. The van der Waals surface area contributed by atoms with E-state index in [1.807, 2.05) is 19.2 Å². The number of nitrogens with one attached hydrogen (secondary N) is 1. The van der Waals surface area contributed by atoms with Gasteiger partial charge in [0.1, 0.15) is 12.0 Å². The van der Waals surface area contributed by atoms with Crippen LogP contribution < -0.4 is 10.1 Å².